The summed E-state index contributed by atoms with van der Waals surface area (Å²) < 4.78 is 0. The van der Waals surface area contributed by atoms with Crippen molar-refractivity contribution in [1.29, 1.82) is 0 Å². The largest absolute Gasteiger partial charge is 0.477 e. The number of H-pyrrole nitrogens is 1. The molecule has 0 saturated carbocycles. The van der Waals surface area contributed by atoms with E-state index in [0.717, 1.165) is 0 Å². The van der Waals surface area contributed by atoms with Gasteiger partial charge in [-0.15, -0.1) is 0 Å². The molecule has 0 aromatic carbocycles. The molecular weight excluding hydrogens is 134 g/mol. The van der Waals surface area contributed by atoms with E-state index in [-0.39, 0.29) is 17.2 Å². The Morgan fingerprint density at radius 1 is 1.60 bits per heavy atom. The molecule has 1 rings (SSSR count). The Morgan fingerprint density at radius 3 is 2.40 bits per heavy atom. The second-order valence-corrected chi connectivity index (χ2v) is 1.86. The van der Waals surface area contributed by atoms with E-state index in [1.165, 1.54) is 6.07 Å². The van der Waals surface area contributed by atoms with E-state index >= 15 is 0 Å². The molecular formula is C5H7N3O2. The fraction of sp³-hybridized carbons (Fsp3) is 0. The van der Waals surface area contributed by atoms with Crippen LogP contribution in [-0.2, 0) is 0 Å². The molecule has 0 bridgehead atoms. The highest BCUT2D eigenvalue weighted by atomic mass is 16.4. The summed E-state index contributed by atoms with van der Waals surface area (Å²) in [6, 6.07) is 1.28. The summed E-state index contributed by atoms with van der Waals surface area (Å²) in [5.41, 5.74) is 10.8. The molecule has 54 valence electrons. The number of carboxylic acids is 1. The van der Waals surface area contributed by atoms with E-state index in [1.54, 1.807) is 0 Å². The second-order valence-electron chi connectivity index (χ2n) is 1.86. The van der Waals surface area contributed by atoms with Crippen molar-refractivity contribution in [2.45, 2.75) is 0 Å². The molecule has 0 radical (unpaired) electrons. The lowest BCUT2D eigenvalue weighted by molar-refractivity contribution is 0.0691. The van der Waals surface area contributed by atoms with E-state index in [9.17, 15) is 4.79 Å². The number of nitrogen functional groups attached to an aromatic ring is 2. The van der Waals surface area contributed by atoms with E-state index in [1.807, 2.05) is 0 Å². The van der Waals surface area contributed by atoms with Crippen LogP contribution in [-0.4, -0.2) is 16.1 Å². The number of carbonyl (C=O) groups is 1. The molecule has 10 heavy (non-hydrogen) atoms. The minimum Gasteiger partial charge on any atom is -0.477 e. The highest BCUT2D eigenvalue weighted by molar-refractivity contribution is 5.88. The van der Waals surface area contributed by atoms with Crippen LogP contribution < -0.4 is 11.5 Å². The molecule has 0 aliphatic carbocycles. The molecule has 5 nitrogen and oxygen atoms in total. The number of aromatic nitrogens is 1. The molecule has 0 aliphatic rings. The molecule has 0 fully saturated rings. The zero-order valence-corrected chi connectivity index (χ0v) is 5.09. The topological polar surface area (TPSA) is 105 Å². The zero-order valence-electron chi connectivity index (χ0n) is 5.09. The molecule has 0 unspecified atom stereocenters. The summed E-state index contributed by atoms with van der Waals surface area (Å²) >= 11 is 0. The summed E-state index contributed by atoms with van der Waals surface area (Å²) in [4.78, 5) is 12.6. The highest BCUT2D eigenvalue weighted by Crippen LogP contribution is 2.13. The van der Waals surface area contributed by atoms with Crippen molar-refractivity contribution in [2.75, 3.05) is 11.5 Å². The first-order chi connectivity index (χ1) is 4.61. The van der Waals surface area contributed by atoms with Crippen LogP contribution >= 0.6 is 0 Å². The standard InChI is InChI=1S/C5H7N3O2/c6-2-1-3(5(9)10)8-4(2)7/h1,8H,6-7H2,(H,9,10). The Bertz CT molecular complexity index is 246. The van der Waals surface area contributed by atoms with Crippen LogP contribution in [0.4, 0.5) is 11.5 Å². The van der Waals surface area contributed by atoms with Gasteiger partial charge in [0, 0.05) is 0 Å². The Morgan fingerprint density at radius 2 is 2.20 bits per heavy atom. The van der Waals surface area contributed by atoms with Crippen LogP contribution in [0.15, 0.2) is 6.07 Å². The predicted molar refractivity (Wildman–Crippen MR) is 36.6 cm³/mol. The SMILES string of the molecule is Nc1cc(C(=O)O)[nH]c1N. The van der Waals surface area contributed by atoms with Crippen LogP contribution in [0.3, 0.4) is 0 Å². The fourth-order valence-corrected chi connectivity index (χ4v) is 0.602. The Labute approximate surface area is 56.6 Å². The van der Waals surface area contributed by atoms with E-state index in [0.29, 0.717) is 0 Å². The first-order valence-electron chi connectivity index (χ1n) is 2.58. The molecule has 6 N–H and O–H groups in total. The van der Waals surface area contributed by atoms with Gasteiger partial charge in [-0.05, 0) is 6.07 Å². The van der Waals surface area contributed by atoms with Crippen molar-refractivity contribution in [3.63, 3.8) is 0 Å². The maximum absolute atomic E-state index is 10.2. The maximum atomic E-state index is 10.2. The van der Waals surface area contributed by atoms with Crippen LogP contribution in [0.1, 0.15) is 10.5 Å². The summed E-state index contributed by atoms with van der Waals surface area (Å²) in [6.45, 7) is 0. The average Bonchev–Trinajstić information content (AvgIpc) is 2.13. The zero-order chi connectivity index (χ0) is 7.72. The van der Waals surface area contributed by atoms with Crippen molar-refractivity contribution >= 4 is 17.5 Å². The third kappa shape index (κ3) is 0.883. The van der Waals surface area contributed by atoms with Gasteiger partial charge in [-0.2, -0.15) is 0 Å². The van der Waals surface area contributed by atoms with Gasteiger partial charge >= 0.3 is 5.97 Å². The Hall–Kier alpha value is -1.65. The molecule has 0 atom stereocenters. The number of aromatic amines is 1. The minimum absolute atomic E-state index is 0.00926. The van der Waals surface area contributed by atoms with Gasteiger partial charge in [-0.25, -0.2) is 4.79 Å². The van der Waals surface area contributed by atoms with Gasteiger partial charge in [-0.3, -0.25) is 0 Å². The molecule has 0 amide bonds. The third-order valence-electron chi connectivity index (χ3n) is 1.11. The van der Waals surface area contributed by atoms with E-state index in [4.69, 9.17) is 16.6 Å². The van der Waals surface area contributed by atoms with Gasteiger partial charge in [0.1, 0.15) is 11.5 Å². The number of aromatic carboxylic acids is 1. The number of hydrogen-bond acceptors (Lipinski definition) is 3. The van der Waals surface area contributed by atoms with Gasteiger partial charge < -0.3 is 21.6 Å². The molecule has 0 aliphatic heterocycles. The van der Waals surface area contributed by atoms with Crippen LogP contribution in [0, 0.1) is 0 Å². The van der Waals surface area contributed by atoms with Crippen molar-refractivity contribution in [3.05, 3.63) is 11.8 Å². The second kappa shape index (κ2) is 1.94. The number of rotatable bonds is 1. The van der Waals surface area contributed by atoms with Crippen molar-refractivity contribution < 1.29 is 9.90 Å². The summed E-state index contributed by atoms with van der Waals surface area (Å²) in [7, 11) is 0. The molecule has 1 aromatic rings. The van der Waals surface area contributed by atoms with E-state index < -0.39 is 5.97 Å². The van der Waals surface area contributed by atoms with Gasteiger partial charge in [-0.1, -0.05) is 0 Å². The van der Waals surface area contributed by atoms with Crippen molar-refractivity contribution in [1.82, 2.24) is 4.98 Å². The van der Waals surface area contributed by atoms with Gasteiger partial charge in [0.2, 0.25) is 0 Å². The molecule has 0 saturated heterocycles. The minimum atomic E-state index is -1.07. The van der Waals surface area contributed by atoms with Crippen molar-refractivity contribution in [3.8, 4) is 0 Å². The lowest BCUT2D eigenvalue weighted by Gasteiger charge is -1.84. The van der Waals surface area contributed by atoms with Crippen LogP contribution in [0.25, 0.3) is 0 Å². The summed E-state index contributed by atoms with van der Waals surface area (Å²) in [6.07, 6.45) is 0. The molecule has 1 aromatic heterocycles. The predicted octanol–water partition coefficient (Wildman–Crippen LogP) is -0.123. The molecule has 0 spiro atoms. The monoisotopic (exact) mass is 141 g/mol. The lowest BCUT2D eigenvalue weighted by Crippen LogP contribution is -1.96. The number of anilines is 2. The normalized spacial score (nSPS) is 9.60. The first kappa shape index (κ1) is 6.47. The quantitative estimate of drug-likeness (QED) is 0.437. The molecule has 1 heterocycles. The molecule has 5 heteroatoms. The van der Waals surface area contributed by atoms with Crippen molar-refractivity contribution in [2.24, 2.45) is 0 Å². The fourth-order valence-electron chi connectivity index (χ4n) is 0.602. The Kier molecular flexibility index (Phi) is 1.26. The Balaban J connectivity index is 3.10. The highest BCUT2D eigenvalue weighted by Gasteiger charge is 2.06. The van der Waals surface area contributed by atoms with E-state index in [2.05, 4.69) is 4.98 Å². The van der Waals surface area contributed by atoms with Gasteiger partial charge in [0.15, 0.2) is 0 Å². The number of nitrogens with one attached hydrogen (secondary N) is 1. The number of hydrogen-bond donors (Lipinski definition) is 4. The van der Waals surface area contributed by atoms with Crippen LogP contribution in [0.5, 0.6) is 0 Å². The number of carboxylic acid groups (broad SMARTS) is 1. The number of nitrogens with two attached hydrogens (primary N) is 2. The van der Waals surface area contributed by atoms with Crippen LogP contribution in [0.2, 0.25) is 0 Å². The summed E-state index contributed by atoms with van der Waals surface area (Å²) in [5.74, 6) is -0.874. The maximum Gasteiger partial charge on any atom is 0.352 e. The lowest BCUT2D eigenvalue weighted by atomic mass is 10.4. The van der Waals surface area contributed by atoms with Gasteiger partial charge in [0.05, 0.1) is 5.69 Å². The summed E-state index contributed by atoms with van der Waals surface area (Å²) in [5, 5.41) is 8.38. The first-order valence-corrected chi connectivity index (χ1v) is 2.58. The average molecular weight is 141 g/mol. The smallest absolute Gasteiger partial charge is 0.352 e. The van der Waals surface area contributed by atoms with Gasteiger partial charge in [0.25, 0.3) is 0 Å². The third-order valence-corrected chi connectivity index (χ3v) is 1.11.